The molecule has 0 saturated carbocycles. The first-order valence-corrected chi connectivity index (χ1v) is 5.52. The summed E-state index contributed by atoms with van der Waals surface area (Å²) in [5, 5.41) is 25.9. The molecule has 4 N–H and O–H groups in total. The van der Waals surface area contributed by atoms with Crippen molar-refractivity contribution >= 4 is 23.5 Å². The third-order valence-electron chi connectivity index (χ3n) is 1.84. The van der Waals surface area contributed by atoms with Gasteiger partial charge in [-0.3, -0.25) is 5.43 Å². The zero-order valence-corrected chi connectivity index (χ0v) is 10.5. The number of benzene rings is 1. The lowest BCUT2D eigenvalue weighted by Gasteiger charge is -2.09. The van der Waals surface area contributed by atoms with Crippen LogP contribution in [0, 0.1) is 0 Å². The van der Waals surface area contributed by atoms with E-state index in [9.17, 15) is 10.2 Å². The Morgan fingerprint density at radius 3 is 2.76 bits per heavy atom. The topological polar surface area (TPSA) is 76.9 Å². The lowest BCUT2D eigenvalue weighted by Crippen LogP contribution is -2.36. The van der Waals surface area contributed by atoms with Gasteiger partial charge in [0.15, 0.2) is 16.6 Å². The van der Waals surface area contributed by atoms with Crippen LogP contribution in [0.5, 0.6) is 11.5 Å². The highest BCUT2D eigenvalue weighted by Crippen LogP contribution is 2.26. The van der Waals surface area contributed by atoms with Gasteiger partial charge < -0.3 is 15.5 Å². The third kappa shape index (κ3) is 4.28. The normalized spacial score (nSPS) is 10.8. The maximum atomic E-state index is 9.49. The van der Waals surface area contributed by atoms with Crippen molar-refractivity contribution in [3.05, 3.63) is 23.8 Å². The number of nitrogens with one attached hydrogen (secondary N) is 2. The molecule has 0 heterocycles. The summed E-state index contributed by atoms with van der Waals surface area (Å²) in [6, 6.07) is 4.85. The average Bonchev–Trinajstić information content (AvgIpc) is 2.23. The highest BCUT2D eigenvalue weighted by Gasteiger charge is 2.02. The van der Waals surface area contributed by atoms with Gasteiger partial charge in [0.05, 0.1) is 6.21 Å². The number of thiocarbonyl (C=S) groups is 1. The van der Waals surface area contributed by atoms with Gasteiger partial charge in [0.2, 0.25) is 0 Å². The van der Waals surface area contributed by atoms with Crippen molar-refractivity contribution in [1.29, 1.82) is 0 Å². The molecule has 1 rings (SSSR count). The molecular weight excluding hydrogens is 238 g/mol. The first-order valence-electron chi connectivity index (χ1n) is 5.11. The fourth-order valence-electron chi connectivity index (χ4n) is 1.11. The molecule has 0 fully saturated rings. The Hall–Kier alpha value is -1.82. The molecular formula is C11H15N3O2S. The molecule has 1 aromatic rings. The summed E-state index contributed by atoms with van der Waals surface area (Å²) in [6.45, 7) is 3.91. The zero-order valence-electron chi connectivity index (χ0n) is 9.64. The molecule has 0 aliphatic rings. The van der Waals surface area contributed by atoms with Crippen LogP contribution in [-0.4, -0.2) is 27.6 Å². The third-order valence-corrected chi connectivity index (χ3v) is 2.04. The van der Waals surface area contributed by atoms with Gasteiger partial charge in [-0.25, -0.2) is 0 Å². The number of phenols is 2. The second-order valence-corrected chi connectivity index (χ2v) is 4.12. The van der Waals surface area contributed by atoms with Gasteiger partial charge in [0.25, 0.3) is 0 Å². The molecule has 0 aromatic heterocycles. The second-order valence-electron chi connectivity index (χ2n) is 3.71. The Kier molecular flexibility index (Phi) is 4.71. The van der Waals surface area contributed by atoms with Crippen molar-refractivity contribution in [2.45, 2.75) is 19.9 Å². The highest BCUT2D eigenvalue weighted by atomic mass is 32.1. The van der Waals surface area contributed by atoms with Crippen LogP contribution in [0.4, 0.5) is 0 Å². The van der Waals surface area contributed by atoms with Gasteiger partial charge in [0, 0.05) is 11.6 Å². The van der Waals surface area contributed by atoms with Crippen molar-refractivity contribution in [2.75, 3.05) is 0 Å². The van der Waals surface area contributed by atoms with Gasteiger partial charge in [-0.15, -0.1) is 0 Å². The Morgan fingerprint density at radius 2 is 2.12 bits per heavy atom. The van der Waals surface area contributed by atoms with Crippen molar-refractivity contribution < 1.29 is 10.2 Å². The van der Waals surface area contributed by atoms with Crippen LogP contribution in [-0.2, 0) is 0 Å². The molecule has 0 radical (unpaired) electrons. The molecule has 0 amide bonds. The Balaban J connectivity index is 2.60. The van der Waals surface area contributed by atoms with Crippen molar-refractivity contribution in [3.63, 3.8) is 0 Å². The van der Waals surface area contributed by atoms with E-state index in [2.05, 4.69) is 15.8 Å². The quantitative estimate of drug-likeness (QED) is 0.283. The minimum atomic E-state index is -0.208. The predicted molar refractivity (Wildman–Crippen MR) is 71.4 cm³/mol. The van der Waals surface area contributed by atoms with E-state index in [0.29, 0.717) is 10.7 Å². The Bertz CT molecular complexity index is 433. The van der Waals surface area contributed by atoms with E-state index in [1.54, 1.807) is 12.1 Å². The van der Waals surface area contributed by atoms with Crippen molar-refractivity contribution in [2.24, 2.45) is 5.10 Å². The van der Waals surface area contributed by atoms with Gasteiger partial charge >= 0.3 is 0 Å². The van der Waals surface area contributed by atoms with Gasteiger partial charge in [-0.1, -0.05) is 6.07 Å². The number of hydrazone groups is 1. The molecule has 0 aliphatic heterocycles. The molecule has 0 spiro atoms. The number of nitrogens with zero attached hydrogens (tertiary/aromatic N) is 1. The van der Waals surface area contributed by atoms with Gasteiger partial charge in [-0.2, -0.15) is 5.10 Å². The number of hydrogen-bond acceptors (Lipinski definition) is 4. The lowest BCUT2D eigenvalue weighted by atomic mass is 10.2. The first-order chi connectivity index (χ1) is 8.00. The Labute approximate surface area is 105 Å². The van der Waals surface area contributed by atoms with Crippen LogP contribution >= 0.6 is 12.2 Å². The van der Waals surface area contributed by atoms with E-state index >= 15 is 0 Å². The van der Waals surface area contributed by atoms with E-state index in [0.717, 1.165) is 0 Å². The van der Waals surface area contributed by atoms with E-state index in [4.69, 9.17) is 12.2 Å². The molecule has 0 bridgehead atoms. The van der Waals surface area contributed by atoms with Crippen LogP contribution in [0.2, 0.25) is 0 Å². The smallest absolute Gasteiger partial charge is 0.187 e. The summed E-state index contributed by atoms with van der Waals surface area (Å²) in [7, 11) is 0. The monoisotopic (exact) mass is 253 g/mol. The number of para-hydroxylation sites is 1. The van der Waals surface area contributed by atoms with Crippen molar-refractivity contribution in [1.82, 2.24) is 10.7 Å². The summed E-state index contributed by atoms with van der Waals surface area (Å²) in [6.07, 6.45) is 1.38. The number of aromatic hydroxyl groups is 2. The molecule has 0 saturated heterocycles. The summed E-state index contributed by atoms with van der Waals surface area (Å²) in [4.78, 5) is 0. The molecule has 0 aliphatic carbocycles. The first kappa shape index (κ1) is 13.2. The number of phenolic OH excluding ortho intramolecular Hbond substituents is 2. The van der Waals surface area contributed by atoms with Crippen LogP contribution in [0.15, 0.2) is 23.3 Å². The molecule has 92 valence electrons. The molecule has 1 aromatic carbocycles. The number of hydrogen-bond donors (Lipinski definition) is 4. The maximum absolute atomic E-state index is 9.49. The van der Waals surface area contributed by atoms with Crippen LogP contribution < -0.4 is 10.7 Å². The molecule has 6 heteroatoms. The van der Waals surface area contributed by atoms with Crippen LogP contribution in [0.1, 0.15) is 19.4 Å². The Morgan fingerprint density at radius 1 is 1.41 bits per heavy atom. The molecule has 0 atom stereocenters. The zero-order chi connectivity index (χ0) is 12.8. The lowest BCUT2D eigenvalue weighted by molar-refractivity contribution is 0.403. The van der Waals surface area contributed by atoms with E-state index in [1.165, 1.54) is 12.3 Å². The number of rotatable bonds is 3. The van der Waals surface area contributed by atoms with Crippen LogP contribution in [0.25, 0.3) is 0 Å². The van der Waals surface area contributed by atoms with Gasteiger partial charge in [-0.05, 0) is 38.2 Å². The summed E-state index contributed by atoms with van der Waals surface area (Å²) >= 11 is 4.96. The second kappa shape index (κ2) is 6.05. The van der Waals surface area contributed by atoms with Crippen molar-refractivity contribution in [3.8, 4) is 11.5 Å². The summed E-state index contributed by atoms with van der Waals surface area (Å²) in [5.74, 6) is -0.391. The summed E-state index contributed by atoms with van der Waals surface area (Å²) < 4.78 is 0. The van der Waals surface area contributed by atoms with E-state index < -0.39 is 0 Å². The standard InChI is InChI=1S/C11H15N3O2S/c1-7(2)13-11(17)14-12-6-8-4-3-5-9(15)10(8)16/h3-7,15-16H,1-2H3,(H2,13,14,17). The van der Waals surface area contributed by atoms with E-state index in [1.807, 2.05) is 13.8 Å². The SMILES string of the molecule is CC(C)NC(=S)NN=Cc1cccc(O)c1O. The summed E-state index contributed by atoms with van der Waals surface area (Å²) in [5.41, 5.74) is 3.01. The largest absolute Gasteiger partial charge is 0.504 e. The predicted octanol–water partition coefficient (Wildman–Crippen LogP) is 1.30. The minimum Gasteiger partial charge on any atom is -0.504 e. The molecule has 5 nitrogen and oxygen atoms in total. The maximum Gasteiger partial charge on any atom is 0.187 e. The average molecular weight is 253 g/mol. The minimum absolute atomic E-state index is 0.183. The fraction of sp³-hybridized carbons (Fsp3) is 0.273. The molecule has 0 unspecified atom stereocenters. The molecule has 17 heavy (non-hydrogen) atoms. The van der Waals surface area contributed by atoms with Crippen LogP contribution in [0.3, 0.4) is 0 Å². The highest BCUT2D eigenvalue weighted by molar-refractivity contribution is 7.80. The fourth-order valence-corrected chi connectivity index (χ4v) is 1.40. The van der Waals surface area contributed by atoms with E-state index in [-0.39, 0.29) is 17.5 Å². The van der Waals surface area contributed by atoms with Gasteiger partial charge in [0.1, 0.15) is 0 Å².